The first-order chi connectivity index (χ1) is 8.59. The second kappa shape index (κ2) is 5.26. The number of nitrogens with zero attached hydrogens (tertiary/aromatic N) is 1. The molecule has 0 saturated heterocycles. The van der Waals surface area contributed by atoms with Crippen LogP contribution < -0.4 is 0 Å². The third kappa shape index (κ3) is 2.36. The van der Waals surface area contributed by atoms with Crippen LogP contribution in [0, 0.1) is 0 Å². The Hall–Kier alpha value is -1.11. The molecule has 0 N–H and O–H groups in total. The van der Waals surface area contributed by atoms with E-state index in [0.29, 0.717) is 5.92 Å². The summed E-state index contributed by atoms with van der Waals surface area (Å²) in [6.45, 7) is 4.24. The lowest BCUT2D eigenvalue weighted by Crippen LogP contribution is -2.19. The van der Waals surface area contributed by atoms with E-state index in [1.807, 2.05) is 6.07 Å². The summed E-state index contributed by atoms with van der Waals surface area (Å²) in [7, 11) is 0. The SMILES string of the molecule is CC(C)c1ccc(C2(N=C=O)CCCC2)cc1Cl. The van der Waals surface area contributed by atoms with Gasteiger partial charge < -0.3 is 0 Å². The summed E-state index contributed by atoms with van der Waals surface area (Å²) in [5.74, 6) is 0.403. The van der Waals surface area contributed by atoms with Crippen molar-refractivity contribution in [2.75, 3.05) is 0 Å². The van der Waals surface area contributed by atoms with Crippen molar-refractivity contribution in [2.24, 2.45) is 4.99 Å². The van der Waals surface area contributed by atoms with Gasteiger partial charge in [0, 0.05) is 5.02 Å². The van der Waals surface area contributed by atoms with Crippen molar-refractivity contribution in [2.45, 2.75) is 51.0 Å². The Balaban J connectivity index is 2.44. The van der Waals surface area contributed by atoms with Crippen LogP contribution in [0.1, 0.15) is 56.6 Å². The van der Waals surface area contributed by atoms with Crippen LogP contribution >= 0.6 is 11.6 Å². The maximum atomic E-state index is 10.7. The van der Waals surface area contributed by atoms with E-state index in [0.717, 1.165) is 41.8 Å². The van der Waals surface area contributed by atoms with E-state index in [1.165, 1.54) is 0 Å². The zero-order valence-electron chi connectivity index (χ0n) is 10.9. The number of benzene rings is 1. The van der Waals surface area contributed by atoms with Crippen LogP contribution in [0.4, 0.5) is 0 Å². The van der Waals surface area contributed by atoms with Crippen LogP contribution in [-0.4, -0.2) is 6.08 Å². The number of halogens is 1. The zero-order chi connectivity index (χ0) is 13.2. The van der Waals surface area contributed by atoms with Crippen LogP contribution in [0.5, 0.6) is 0 Å². The highest BCUT2D eigenvalue weighted by molar-refractivity contribution is 6.31. The first-order valence-corrected chi connectivity index (χ1v) is 6.86. The van der Waals surface area contributed by atoms with Gasteiger partial charge in [0.15, 0.2) is 0 Å². The van der Waals surface area contributed by atoms with Crippen LogP contribution in [0.3, 0.4) is 0 Å². The number of carbonyl (C=O) groups excluding carboxylic acids is 1. The van der Waals surface area contributed by atoms with Gasteiger partial charge in [0.2, 0.25) is 6.08 Å². The molecule has 18 heavy (non-hydrogen) atoms. The summed E-state index contributed by atoms with van der Waals surface area (Å²) in [5.41, 5.74) is 1.82. The van der Waals surface area contributed by atoms with Crippen LogP contribution in [0.25, 0.3) is 0 Å². The highest BCUT2D eigenvalue weighted by atomic mass is 35.5. The van der Waals surface area contributed by atoms with E-state index in [2.05, 4.69) is 31.0 Å². The Labute approximate surface area is 113 Å². The van der Waals surface area contributed by atoms with E-state index >= 15 is 0 Å². The standard InChI is InChI=1S/C15H18ClNO/c1-11(2)13-6-5-12(9-14(13)16)15(17-10-18)7-3-4-8-15/h5-6,9,11H,3-4,7-8H2,1-2H3. The van der Waals surface area contributed by atoms with Gasteiger partial charge in [-0.2, -0.15) is 4.99 Å². The van der Waals surface area contributed by atoms with Gasteiger partial charge in [-0.15, -0.1) is 0 Å². The summed E-state index contributed by atoms with van der Waals surface area (Å²) < 4.78 is 0. The van der Waals surface area contributed by atoms with Crippen LogP contribution in [0.15, 0.2) is 23.2 Å². The van der Waals surface area contributed by atoms with E-state index in [-0.39, 0.29) is 5.54 Å². The third-order valence-electron chi connectivity index (χ3n) is 3.85. The average molecular weight is 264 g/mol. The largest absolute Gasteiger partial charge is 0.235 e. The maximum absolute atomic E-state index is 10.7. The molecule has 0 heterocycles. The quantitative estimate of drug-likeness (QED) is 0.580. The fourth-order valence-corrected chi connectivity index (χ4v) is 3.20. The molecule has 1 aromatic carbocycles. The van der Waals surface area contributed by atoms with Crippen LogP contribution in [-0.2, 0) is 10.3 Å². The number of rotatable bonds is 3. The molecule has 0 amide bonds. The molecule has 96 valence electrons. The third-order valence-corrected chi connectivity index (χ3v) is 4.18. The van der Waals surface area contributed by atoms with Gasteiger partial charge in [-0.1, -0.05) is 50.4 Å². The highest BCUT2D eigenvalue weighted by Gasteiger charge is 2.35. The average Bonchev–Trinajstić information content (AvgIpc) is 2.78. The van der Waals surface area contributed by atoms with Crippen molar-refractivity contribution in [1.82, 2.24) is 0 Å². The molecule has 0 aliphatic heterocycles. The molecule has 0 radical (unpaired) electrons. The van der Waals surface area contributed by atoms with E-state index < -0.39 is 0 Å². The van der Waals surface area contributed by atoms with Gasteiger partial charge in [-0.25, -0.2) is 4.79 Å². The Kier molecular flexibility index (Phi) is 3.89. The number of hydrogen-bond donors (Lipinski definition) is 0. The fraction of sp³-hybridized carbons (Fsp3) is 0.533. The molecule has 1 aromatic rings. The lowest BCUT2D eigenvalue weighted by Gasteiger charge is -2.24. The van der Waals surface area contributed by atoms with Crippen molar-refractivity contribution >= 4 is 17.7 Å². The first-order valence-electron chi connectivity index (χ1n) is 6.48. The smallest absolute Gasteiger partial charge is 0.211 e. The summed E-state index contributed by atoms with van der Waals surface area (Å²) in [6, 6.07) is 6.10. The minimum absolute atomic E-state index is 0.374. The normalized spacial score (nSPS) is 17.8. The molecule has 0 spiro atoms. The van der Waals surface area contributed by atoms with E-state index in [9.17, 15) is 4.79 Å². The van der Waals surface area contributed by atoms with Gasteiger partial charge in [0.25, 0.3) is 0 Å². The molecule has 3 heteroatoms. The molecule has 2 rings (SSSR count). The van der Waals surface area contributed by atoms with Gasteiger partial charge in [-0.3, -0.25) is 0 Å². The molecule has 0 bridgehead atoms. The molecule has 2 nitrogen and oxygen atoms in total. The molecular weight excluding hydrogens is 246 g/mol. The van der Waals surface area contributed by atoms with Gasteiger partial charge in [-0.05, 0) is 36.0 Å². The number of aliphatic imine (C=N–C) groups is 1. The Morgan fingerprint density at radius 1 is 1.33 bits per heavy atom. The van der Waals surface area contributed by atoms with Gasteiger partial charge in [0.05, 0.1) is 5.54 Å². The predicted molar refractivity (Wildman–Crippen MR) is 73.8 cm³/mol. The maximum Gasteiger partial charge on any atom is 0.235 e. The minimum Gasteiger partial charge on any atom is -0.211 e. The second-order valence-corrected chi connectivity index (χ2v) is 5.74. The fourth-order valence-electron chi connectivity index (χ4n) is 2.80. The molecule has 1 saturated carbocycles. The zero-order valence-corrected chi connectivity index (χ0v) is 11.6. The Bertz CT molecular complexity index is 483. The summed E-state index contributed by atoms with van der Waals surface area (Å²) in [5, 5.41) is 0.773. The monoisotopic (exact) mass is 263 g/mol. The lowest BCUT2D eigenvalue weighted by molar-refractivity contribution is 0.456. The molecular formula is C15H18ClNO. The molecule has 0 aromatic heterocycles. The Morgan fingerprint density at radius 2 is 2.00 bits per heavy atom. The molecule has 0 unspecified atom stereocenters. The highest BCUT2D eigenvalue weighted by Crippen LogP contribution is 2.43. The van der Waals surface area contributed by atoms with Crippen LogP contribution in [0.2, 0.25) is 5.02 Å². The molecule has 0 atom stereocenters. The second-order valence-electron chi connectivity index (χ2n) is 5.33. The van der Waals surface area contributed by atoms with Gasteiger partial charge >= 0.3 is 0 Å². The van der Waals surface area contributed by atoms with Crippen molar-refractivity contribution in [3.8, 4) is 0 Å². The van der Waals surface area contributed by atoms with Crippen molar-refractivity contribution < 1.29 is 4.79 Å². The molecule has 1 aliphatic carbocycles. The summed E-state index contributed by atoms with van der Waals surface area (Å²) >= 11 is 6.32. The lowest BCUT2D eigenvalue weighted by atomic mass is 9.87. The topological polar surface area (TPSA) is 29.4 Å². The van der Waals surface area contributed by atoms with E-state index in [4.69, 9.17) is 11.6 Å². The van der Waals surface area contributed by atoms with Crippen molar-refractivity contribution in [3.63, 3.8) is 0 Å². The molecule has 1 fully saturated rings. The Morgan fingerprint density at radius 3 is 2.50 bits per heavy atom. The predicted octanol–water partition coefficient (Wildman–Crippen LogP) is 4.57. The summed E-state index contributed by atoms with van der Waals surface area (Å²) in [4.78, 5) is 14.8. The van der Waals surface area contributed by atoms with E-state index in [1.54, 1.807) is 6.08 Å². The minimum atomic E-state index is -0.374. The van der Waals surface area contributed by atoms with Gasteiger partial charge in [0.1, 0.15) is 0 Å². The molecule has 1 aliphatic rings. The first kappa shape index (κ1) is 13.3. The summed E-state index contributed by atoms with van der Waals surface area (Å²) in [6.07, 6.45) is 5.78. The number of isocyanates is 1. The van der Waals surface area contributed by atoms with Crippen molar-refractivity contribution in [1.29, 1.82) is 0 Å². The van der Waals surface area contributed by atoms with Crippen molar-refractivity contribution in [3.05, 3.63) is 34.3 Å². The number of hydrogen-bond acceptors (Lipinski definition) is 2.